The molecule has 0 amide bonds. The standard InChI is InChI=1S/C61H39NO/c1-2-12-40(13-3-1)42-22-30-48(31-23-42)62(50-34-26-41-14-4-5-17-46(41)38-50)49-32-24-43(25-33-49)47-29-35-56-54(39-47)53-20-10-11-21-55(53)61(56)57-36-27-44-15-6-8-18-51(44)59(57)63-60-52-19-9-7-16-45(52)28-37-58(60)61/h1-39H. The summed E-state index contributed by atoms with van der Waals surface area (Å²) in [5.41, 5.74) is 14.9. The molecule has 0 atom stereocenters. The Balaban J connectivity index is 0.955. The number of nitrogens with zero attached hydrogens (tertiary/aromatic N) is 1. The van der Waals surface area contributed by atoms with Crippen LogP contribution in [0.3, 0.4) is 0 Å². The van der Waals surface area contributed by atoms with Crippen molar-refractivity contribution >= 4 is 49.4 Å². The molecule has 0 fully saturated rings. The molecule has 0 bridgehead atoms. The zero-order chi connectivity index (χ0) is 41.5. The van der Waals surface area contributed by atoms with Gasteiger partial charge in [0.15, 0.2) is 0 Å². The third kappa shape index (κ3) is 5.38. The molecule has 0 saturated heterocycles. The maximum Gasteiger partial charge on any atom is 0.140 e. The van der Waals surface area contributed by atoms with Crippen LogP contribution >= 0.6 is 0 Å². The van der Waals surface area contributed by atoms with Crippen LogP contribution < -0.4 is 9.64 Å². The fraction of sp³-hybridized carbons (Fsp3) is 0.0164. The Morgan fingerprint density at radius 1 is 0.286 bits per heavy atom. The van der Waals surface area contributed by atoms with E-state index in [4.69, 9.17) is 4.74 Å². The lowest BCUT2D eigenvalue weighted by Crippen LogP contribution is -2.32. The van der Waals surface area contributed by atoms with Gasteiger partial charge >= 0.3 is 0 Å². The predicted molar refractivity (Wildman–Crippen MR) is 262 cm³/mol. The van der Waals surface area contributed by atoms with Gasteiger partial charge in [-0.05, 0) is 109 Å². The molecule has 0 saturated carbocycles. The number of fused-ring (bicyclic) bond motifs is 14. The van der Waals surface area contributed by atoms with Gasteiger partial charge in [-0.2, -0.15) is 0 Å². The van der Waals surface area contributed by atoms with Crippen molar-refractivity contribution in [1.82, 2.24) is 0 Å². The maximum absolute atomic E-state index is 7.15. The molecule has 2 aliphatic rings. The van der Waals surface area contributed by atoms with Crippen LogP contribution in [0, 0.1) is 0 Å². The molecule has 1 aliphatic heterocycles. The first-order chi connectivity index (χ1) is 31.2. The highest BCUT2D eigenvalue weighted by molar-refractivity contribution is 6.00. The molecule has 13 rings (SSSR count). The fourth-order valence-electron chi connectivity index (χ4n) is 10.6. The van der Waals surface area contributed by atoms with Gasteiger partial charge in [-0.1, -0.05) is 194 Å². The van der Waals surface area contributed by atoms with E-state index in [0.717, 1.165) is 39.3 Å². The van der Waals surface area contributed by atoms with Crippen molar-refractivity contribution in [1.29, 1.82) is 0 Å². The van der Waals surface area contributed by atoms with Crippen molar-refractivity contribution < 1.29 is 4.74 Å². The van der Waals surface area contributed by atoms with E-state index in [2.05, 4.69) is 241 Å². The van der Waals surface area contributed by atoms with Crippen molar-refractivity contribution in [2.24, 2.45) is 0 Å². The highest BCUT2D eigenvalue weighted by atomic mass is 16.5. The number of hydrogen-bond donors (Lipinski definition) is 0. The molecular formula is C61H39NO. The molecule has 2 heteroatoms. The van der Waals surface area contributed by atoms with Gasteiger partial charge < -0.3 is 9.64 Å². The monoisotopic (exact) mass is 801 g/mol. The van der Waals surface area contributed by atoms with Crippen molar-refractivity contribution in [3.05, 3.63) is 259 Å². The molecule has 1 spiro atoms. The summed E-state index contributed by atoms with van der Waals surface area (Å²) in [7, 11) is 0. The Morgan fingerprint density at radius 3 is 1.41 bits per heavy atom. The van der Waals surface area contributed by atoms with E-state index < -0.39 is 5.41 Å². The summed E-state index contributed by atoms with van der Waals surface area (Å²) in [6.07, 6.45) is 0. The summed E-state index contributed by atoms with van der Waals surface area (Å²) in [6, 6.07) is 86.4. The summed E-state index contributed by atoms with van der Waals surface area (Å²) in [6.45, 7) is 0. The van der Waals surface area contributed by atoms with Crippen LogP contribution in [0.25, 0.3) is 65.7 Å². The minimum atomic E-state index is -0.568. The minimum Gasteiger partial charge on any atom is -0.455 e. The van der Waals surface area contributed by atoms with Gasteiger partial charge in [0.25, 0.3) is 0 Å². The van der Waals surface area contributed by atoms with Gasteiger partial charge in [-0.3, -0.25) is 0 Å². The van der Waals surface area contributed by atoms with Gasteiger partial charge in [-0.15, -0.1) is 0 Å². The molecule has 294 valence electrons. The molecular weight excluding hydrogens is 763 g/mol. The smallest absolute Gasteiger partial charge is 0.140 e. The lowest BCUT2D eigenvalue weighted by atomic mass is 9.65. The van der Waals surface area contributed by atoms with Crippen molar-refractivity contribution in [2.45, 2.75) is 5.41 Å². The second-order valence-electron chi connectivity index (χ2n) is 16.8. The summed E-state index contributed by atoms with van der Waals surface area (Å²) in [5.74, 6) is 1.87. The number of hydrogen-bond acceptors (Lipinski definition) is 2. The Morgan fingerprint density at radius 2 is 0.746 bits per heavy atom. The van der Waals surface area contributed by atoms with E-state index in [1.54, 1.807) is 0 Å². The lowest BCUT2D eigenvalue weighted by Gasteiger charge is -2.40. The van der Waals surface area contributed by atoms with Gasteiger partial charge in [0, 0.05) is 39.0 Å². The molecule has 1 aliphatic carbocycles. The molecule has 0 aromatic heterocycles. The van der Waals surface area contributed by atoms with E-state index in [9.17, 15) is 0 Å². The fourth-order valence-corrected chi connectivity index (χ4v) is 10.6. The molecule has 63 heavy (non-hydrogen) atoms. The van der Waals surface area contributed by atoms with Crippen LogP contribution in [0.2, 0.25) is 0 Å². The second kappa shape index (κ2) is 13.9. The van der Waals surface area contributed by atoms with Crippen molar-refractivity contribution in [2.75, 3.05) is 4.90 Å². The first kappa shape index (κ1) is 35.5. The number of rotatable bonds is 5. The molecule has 0 N–H and O–H groups in total. The van der Waals surface area contributed by atoms with Gasteiger partial charge in [-0.25, -0.2) is 0 Å². The van der Waals surface area contributed by atoms with Crippen molar-refractivity contribution in [3.8, 4) is 44.9 Å². The molecule has 0 unspecified atom stereocenters. The number of ether oxygens (including phenoxy) is 1. The molecule has 1 heterocycles. The molecule has 11 aromatic carbocycles. The van der Waals surface area contributed by atoms with Gasteiger partial charge in [0.1, 0.15) is 11.5 Å². The first-order valence-electron chi connectivity index (χ1n) is 21.7. The average molecular weight is 802 g/mol. The first-order valence-corrected chi connectivity index (χ1v) is 21.7. The van der Waals surface area contributed by atoms with Crippen LogP contribution in [0.5, 0.6) is 11.5 Å². The zero-order valence-corrected chi connectivity index (χ0v) is 34.4. The summed E-state index contributed by atoms with van der Waals surface area (Å²) in [4.78, 5) is 2.36. The second-order valence-corrected chi connectivity index (χ2v) is 16.8. The quantitative estimate of drug-likeness (QED) is 0.172. The minimum absolute atomic E-state index is 0.568. The predicted octanol–water partition coefficient (Wildman–Crippen LogP) is 16.4. The third-order valence-electron chi connectivity index (χ3n) is 13.5. The largest absolute Gasteiger partial charge is 0.455 e. The Hall–Kier alpha value is -8.20. The highest BCUT2D eigenvalue weighted by Gasteiger charge is 2.51. The zero-order valence-electron chi connectivity index (χ0n) is 34.4. The number of benzene rings is 11. The lowest BCUT2D eigenvalue weighted by molar-refractivity contribution is 0.447. The summed E-state index contributed by atoms with van der Waals surface area (Å²) >= 11 is 0. The highest BCUT2D eigenvalue weighted by Crippen LogP contribution is 2.64. The SMILES string of the molecule is c1ccc(-c2ccc(N(c3ccc(-c4ccc5c(c4)-c4ccccc4C54c5ccc6ccccc6c5Oc5c4ccc4ccccc54)cc3)c3ccc4ccccc4c3)cc2)cc1. The molecule has 11 aromatic rings. The van der Waals surface area contributed by atoms with Gasteiger partial charge in [0.2, 0.25) is 0 Å². The Bertz CT molecular complexity index is 3500. The van der Waals surface area contributed by atoms with Crippen LogP contribution in [0.1, 0.15) is 22.3 Å². The van der Waals surface area contributed by atoms with Gasteiger partial charge in [0.05, 0.1) is 5.41 Å². The number of anilines is 3. The van der Waals surface area contributed by atoms with Crippen LogP contribution in [0.4, 0.5) is 17.1 Å². The Labute approximate surface area is 366 Å². The van der Waals surface area contributed by atoms with E-state index in [1.807, 2.05) is 0 Å². The topological polar surface area (TPSA) is 12.5 Å². The van der Waals surface area contributed by atoms with Crippen LogP contribution in [-0.4, -0.2) is 0 Å². The summed E-state index contributed by atoms with van der Waals surface area (Å²) < 4.78 is 7.15. The van der Waals surface area contributed by atoms with Crippen molar-refractivity contribution in [3.63, 3.8) is 0 Å². The van der Waals surface area contributed by atoms with E-state index in [0.29, 0.717) is 0 Å². The Kier molecular flexibility index (Phi) is 7.85. The normalized spacial score (nSPS) is 13.0. The van der Waals surface area contributed by atoms with E-state index >= 15 is 0 Å². The molecule has 0 radical (unpaired) electrons. The molecule has 2 nitrogen and oxygen atoms in total. The van der Waals surface area contributed by atoms with E-state index in [1.165, 1.54) is 77.2 Å². The average Bonchev–Trinajstić information content (AvgIpc) is 3.64. The van der Waals surface area contributed by atoms with Crippen LogP contribution in [0.15, 0.2) is 237 Å². The van der Waals surface area contributed by atoms with E-state index in [-0.39, 0.29) is 0 Å². The third-order valence-corrected chi connectivity index (χ3v) is 13.5. The maximum atomic E-state index is 7.15. The summed E-state index contributed by atoms with van der Waals surface area (Å²) in [5, 5.41) is 7.03. The van der Waals surface area contributed by atoms with Crippen LogP contribution in [-0.2, 0) is 5.41 Å².